The van der Waals surface area contributed by atoms with Crippen LogP contribution >= 0.6 is 11.3 Å². The predicted octanol–water partition coefficient (Wildman–Crippen LogP) is 1.96. The van der Waals surface area contributed by atoms with Crippen molar-refractivity contribution in [2.75, 3.05) is 44.2 Å². The number of anilines is 1. The third-order valence-corrected chi connectivity index (χ3v) is 4.67. The summed E-state index contributed by atoms with van der Waals surface area (Å²) in [4.78, 5) is 9.68. The van der Waals surface area contributed by atoms with Gasteiger partial charge in [0.05, 0.1) is 5.69 Å². The highest BCUT2D eigenvalue weighted by Crippen LogP contribution is 2.22. The van der Waals surface area contributed by atoms with Gasteiger partial charge < -0.3 is 10.6 Å². The van der Waals surface area contributed by atoms with Crippen molar-refractivity contribution < 1.29 is 0 Å². The molecule has 1 fully saturated rings. The molecule has 0 radical (unpaired) electrons. The topological polar surface area (TPSA) is 45.4 Å². The number of nitrogens with two attached hydrogens (primary N) is 1. The lowest BCUT2D eigenvalue weighted by molar-refractivity contribution is 0.252. The average molecular weight is 282 g/mol. The molecule has 2 heterocycles. The van der Waals surface area contributed by atoms with Gasteiger partial charge in [-0.1, -0.05) is 13.3 Å². The molecule has 1 aromatic rings. The summed E-state index contributed by atoms with van der Waals surface area (Å²) < 4.78 is 0. The van der Waals surface area contributed by atoms with Crippen molar-refractivity contribution in [2.45, 2.75) is 32.6 Å². The maximum Gasteiger partial charge on any atom is 0.185 e. The van der Waals surface area contributed by atoms with E-state index >= 15 is 0 Å². The van der Waals surface area contributed by atoms with E-state index in [1.165, 1.54) is 49.7 Å². The lowest BCUT2D eigenvalue weighted by Crippen LogP contribution is -2.46. The van der Waals surface area contributed by atoms with Crippen LogP contribution in [0, 0.1) is 0 Å². The molecule has 1 aromatic heterocycles. The standard InChI is InChI=1S/C14H26N4S/c1-2-13-12-19-14(16-13)18-10-8-17(9-11-18)7-5-3-4-6-15/h12H,2-11,15H2,1H3. The van der Waals surface area contributed by atoms with Gasteiger partial charge in [-0.3, -0.25) is 4.90 Å². The minimum absolute atomic E-state index is 0.831. The van der Waals surface area contributed by atoms with Crippen molar-refractivity contribution >= 4 is 16.5 Å². The second-order valence-electron chi connectivity index (χ2n) is 5.15. The molecule has 0 saturated carbocycles. The average Bonchev–Trinajstić information content (AvgIpc) is 2.93. The van der Waals surface area contributed by atoms with Gasteiger partial charge in [0, 0.05) is 31.6 Å². The number of hydrogen-bond acceptors (Lipinski definition) is 5. The summed E-state index contributed by atoms with van der Waals surface area (Å²) >= 11 is 1.79. The van der Waals surface area contributed by atoms with Crippen molar-refractivity contribution in [1.82, 2.24) is 9.88 Å². The van der Waals surface area contributed by atoms with Crippen LogP contribution in [-0.4, -0.2) is 49.2 Å². The van der Waals surface area contributed by atoms with E-state index in [1.54, 1.807) is 11.3 Å². The number of unbranched alkanes of at least 4 members (excludes halogenated alkanes) is 2. The molecule has 1 saturated heterocycles. The molecule has 0 atom stereocenters. The van der Waals surface area contributed by atoms with E-state index in [-0.39, 0.29) is 0 Å². The van der Waals surface area contributed by atoms with Gasteiger partial charge >= 0.3 is 0 Å². The van der Waals surface area contributed by atoms with Crippen LogP contribution in [-0.2, 0) is 6.42 Å². The van der Waals surface area contributed by atoms with E-state index in [4.69, 9.17) is 5.73 Å². The van der Waals surface area contributed by atoms with E-state index in [9.17, 15) is 0 Å². The summed E-state index contributed by atoms with van der Waals surface area (Å²) in [5.74, 6) is 0. The second kappa shape index (κ2) is 7.82. The van der Waals surface area contributed by atoms with Crippen LogP contribution in [0.15, 0.2) is 5.38 Å². The first kappa shape index (κ1) is 14.8. The number of nitrogens with zero attached hydrogens (tertiary/aromatic N) is 3. The summed E-state index contributed by atoms with van der Waals surface area (Å²) in [6.45, 7) is 8.80. The first-order valence-electron chi connectivity index (χ1n) is 7.45. The molecule has 0 unspecified atom stereocenters. The molecule has 4 nitrogen and oxygen atoms in total. The Morgan fingerprint density at radius 3 is 2.63 bits per heavy atom. The molecule has 0 aromatic carbocycles. The van der Waals surface area contributed by atoms with Gasteiger partial charge in [-0.05, 0) is 32.4 Å². The van der Waals surface area contributed by atoms with Crippen LogP contribution in [0.5, 0.6) is 0 Å². The van der Waals surface area contributed by atoms with E-state index in [2.05, 4.69) is 27.1 Å². The van der Waals surface area contributed by atoms with Gasteiger partial charge in [0.1, 0.15) is 0 Å². The Kier molecular flexibility index (Phi) is 6.07. The van der Waals surface area contributed by atoms with Crippen molar-refractivity contribution in [3.8, 4) is 0 Å². The molecule has 0 spiro atoms. The normalized spacial score (nSPS) is 17.1. The van der Waals surface area contributed by atoms with Crippen molar-refractivity contribution in [1.29, 1.82) is 0 Å². The summed E-state index contributed by atoms with van der Waals surface area (Å²) in [5.41, 5.74) is 6.74. The SMILES string of the molecule is CCc1csc(N2CCN(CCCCCN)CC2)n1. The van der Waals surface area contributed by atoms with Crippen LogP contribution in [0.4, 0.5) is 5.13 Å². The van der Waals surface area contributed by atoms with Crippen molar-refractivity contribution in [3.05, 3.63) is 11.1 Å². The van der Waals surface area contributed by atoms with Gasteiger partial charge in [0.25, 0.3) is 0 Å². The van der Waals surface area contributed by atoms with Crippen LogP contribution in [0.3, 0.4) is 0 Å². The number of aromatic nitrogens is 1. The Hall–Kier alpha value is -0.650. The molecule has 0 amide bonds. The first-order chi connectivity index (χ1) is 9.33. The maximum atomic E-state index is 5.52. The largest absolute Gasteiger partial charge is 0.346 e. The Labute approximate surface area is 120 Å². The molecular weight excluding hydrogens is 256 g/mol. The number of rotatable bonds is 7. The quantitative estimate of drug-likeness (QED) is 0.777. The van der Waals surface area contributed by atoms with Crippen LogP contribution in [0.25, 0.3) is 0 Å². The molecule has 2 N–H and O–H groups in total. The summed E-state index contributed by atoms with van der Waals surface area (Å²) in [6, 6.07) is 0. The van der Waals surface area contributed by atoms with Gasteiger partial charge in [0.2, 0.25) is 0 Å². The number of piperazine rings is 1. The second-order valence-corrected chi connectivity index (χ2v) is 5.99. The van der Waals surface area contributed by atoms with E-state index in [1.807, 2.05) is 0 Å². The van der Waals surface area contributed by atoms with Crippen LogP contribution in [0.1, 0.15) is 31.9 Å². The third-order valence-electron chi connectivity index (χ3n) is 3.72. The Morgan fingerprint density at radius 2 is 2.00 bits per heavy atom. The van der Waals surface area contributed by atoms with Gasteiger partial charge in [-0.15, -0.1) is 11.3 Å². The number of hydrogen-bond donors (Lipinski definition) is 1. The third kappa shape index (κ3) is 4.44. The lowest BCUT2D eigenvalue weighted by atomic mass is 10.2. The van der Waals surface area contributed by atoms with Crippen molar-refractivity contribution in [3.63, 3.8) is 0 Å². The van der Waals surface area contributed by atoms with Gasteiger partial charge in [0.15, 0.2) is 5.13 Å². The molecule has 19 heavy (non-hydrogen) atoms. The summed E-state index contributed by atoms with van der Waals surface area (Å²) in [6.07, 6.45) is 4.76. The minimum Gasteiger partial charge on any atom is -0.346 e. The molecule has 1 aliphatic heterocycles. The number of aryl methyl sites for hydroxylation is 1. The fraction of sp³-hybridized carbons (Fsp3) is 0.786. The van der Waals surface area contributed by atoms with Crippen LogP contribution < -0.4 is 10.6 Å². The zero-order chi connectivity index (χ0) is 13.5. The Bertz CT molecular complexity index is 358. The first-order valence-corrected chi connectivity index (χ1v) is 8.33. The zero-order valence-electron chi connectivity index (χ0n) is 12.0. The molecule has 108 valence electrons. The monoisotopic (exact) mass is 282 g/mol. The molecular formula is C14H26N4S. The van der Waals surface area contributed by atoms with E-state index in [0.717, 1.165) is 26.1 Å². The molecule has 1 aliphatic rings. The Balaban J connectivity index is 1.70. The zero-order valence-corrected chi connectivity index (χ0v) is 12.8. The highest BCUT2D eigenvalue weighted by Gasteiger charge is 2.18. The van der Waals surface area contributed by atoms with E-state index in [0.29, 0.717) is 0 Å². The van der Waals surface area contributed by atoms with Crippen LogP contribution in [0.2, 0.25) is 0 Å². The van der Waals surface area contributed by atoms with Crippen molar-refractivity contribution in [2.24, 2.45) is 5.73 Å². The van der Waals surface area contributed by atoms with Gasteiger partial charge in [-0.2, -0.15) is 0 Å². The number of thiazole rings is 1. The minimum atomic E-state index is 0.831. The predicted molar refractivity (Wildman–Crippen MR) is 83.1 cm³/mol. The maximum absolute atomic E-state index is 5.52. The molecule has 2 rings (SSSR count). The molecule has 0 bridgehead atoms. The fourth-order valence-corrected chi connectivity index (χ4v) is 3.39. The highest BCUT2D eigenvalue weighted by atomic mass is 32.1. The smallest absolute Gasteiger partial charge is 0.185 e. The Morgan fingerprint density at radius 1 is 1.21 bits per heavy atom. The fourth-order valence-electron chi connectivity index (χ4n) is 2.42. The summed E-state index contributed by atoms with van der Waals surface area (Å²) in [5, 5.41) is 3.40. The highest BCUT2D eigenvalue weighted by molar-refractivity contribution is 7.13. The lowest BCUT2D eigenvalue weighted by Gasteiger charge is -2.34. The molecule has 0 aliphatic carbocycles. The van der Waals surface area contributed by atoms with E-state index < -0.39 is 0 Å². The molecule has 5 heteroatoms. The van der Waals surface area contributed by atoms with Gasteiger partial charge in [-0.25, -0.2) is 4.98 Å². The summed E-state index contributed by atoms with van der Waals surface area (Å²) in [7, 11) is 0.